The van der Waals surface area contributed by atoms with Gasteiger partial charge in [0, 0.05) is 31.2 Å². The summed E-state index contributed by atoms with van der Waals surface area (Å²) in [4.78, 5) is 2.41. The summed E-state index contributed by atoms with van der Waals surface area (Å²) in [5.74, 6) is 1.11. The maximum atomic E-state index is 5.59. The van der Waals surface area contributed by atoms with Crippen molar-refractivity contribution < 1.29 is 4.42 Å². The number of hydrogen-bond acceptors (Lipinski definition) is 3. The van der Waals surface area contributed by atoms with Gasteiger partial charge in [0.05, 0.1) is 12.8 Å². The summed E-state index contributed by atoms with van der Waals surface area (Å²) in [7, 11) is 0. The predicted octanol–water partition coefficient (Wildman–Crippen LogP) is 2.54. The maximum absolute atomic E-state index is 5.59. The molecule has 2 rings (SSSR count). The molecule has 3 nitrogen and oxygen atoms in total. The molecule has 0 saturated heterocycles. The quantitative estimate of drug-likeness (QED) is 0.794. The van der Waals surface area contributed by atoms with E-state index in [1.807, 2.05) is 0 Å². The predicted molar refractivity (Wildman–Crippen MR) is 69.7 cm³/mol. The highest BCUT2D eigenvalue weighted by Crippen LogP contribution is 2.15. The maximum Gasteiger partial charge on any atom is 0.122 e. The van der Waals surface area contributed by atoms with Crippen LogP contribution in [0.3, 0.4) is 0 Å². The molecule has 0 saturated carbocycles. The van der Waals surface area contributed by atoms with E-state index in [9.17, 15) is 0 Å². The molecule has 1 aliphatic heterocycles. The normalized spacial score (nSPS) is 16.9. The molecule has 1 N–H and O–H groups in total. The van der Waals surface area contributed by atoms with Gasteiger partial charge in [-0.25, -0.2) is 0 Å². The monoisotopic (exact) mass is 234 g/mol. The molecule has 0 spiro atoms. The Labute approximate surface area is 103 Å². The van der Waals surface area contributed by atoms with Crippen LogP contribution in [-0.2, 0) is 13.1 Å². The van der Waals surface area contributed by atoms with Crippen LogP contribution in [0.15, 0.2) is 28.9 Å². The fraction of sp³-hybridized carbons (Fsp3) is 0.571. The van der Waals surface area contributed by atoms with E-state index >= 15 is 0 Å². The van der Waals surface area contributed by atoms with Gasteiger partial charge < -0.3 is 9.73 Å². The molecule has 0 radical (unpaired) electrons. The number of furan rings is 1. The van der Waals surface area contributed by atoms with Crippen LogP contribution in [0.4, 0.5) is 0 Å². The van der Waals surface area contributed by atoms with Gasteiger partial charge in [-0.3, -0.25) is 4.90 Å². The van der Waals surface area contributed by atoms with Crippen LogP contribution >= 0.6 is 0 Å². The van der Waals surface area contributed by atoms with Gasteiger partial charge in [-0.1, -0.05) is 26.0 Å². The van der Waals surface area contributed by atoms with Gasteiger partial charge in [-0.05, 0) is 12.5 Å². The van der Waals surface area contributed by atoms with E-state index in [4.69, 9.17) is 4.42 Å². The smallest absolute Gasteiger partial charge is 0.122 e. The van der Waals surface area contributed by atoms with Crippen molar-refractivity contribution in [2.45, 2.75) is 39.4 Å². The van der Waals surface area contributed by atoms with Crippen LogP contribution < -0.4 is 5.32 Å². The second-order valence-electron chi connectivity index (χ2n) is 4.90. The van der Waals surface area contributed by atoms with E-state index < -0.39 is 0 Å². The zero-order valence-electron chi connectivity index (χ0n) is 10.8. The van der Waals surface area contributed by atoms with Crippen molar-refractivity contribution in [3.05, 3.63) is 35.8 Å². The van der Waals surface area contributed by atoms with E-state index in [1.165, 1.54) is 5.56 Å². The Balaban J connectivity index is 1.91. The van der Waals surface area contributed by atoms with Crippen LogP contribution in [0.2, 0.25) is 0 Å². The summed E-state index contributed by atoms with van der Waals surface area (Å²) in [6, 6.07) is 2.58. The molecular formula is C14H22N2O. The van der Waals surface area contributed by atoms with Crippen molar-refractivity contribution in [2.24, 2.45) is 0 Å². The standard InChI is InChI=1S/C14H22N2O/c1-12(2)15-10-13-6-9-17-14(13)11-16-7-4-3-5-8-16/h3-4,6,9,12,15H,5,7-8,10-11H2,1-2H3. The van der Waals surface area contributed by atoms with Crippen molar-refractivity contribution in [3.63, 3.8) is 0 Å². The third-order valence-electron chi connectivity index (χ3n) is 3.05. The first kappa shape index (κ1) is 12.4. The van der Waals surface area contributed by atoms with Crippen molar-refractivity contribution in [1.29, 1.82) is 0 Å². The molecule has 1 aromatic rings. The highest BCUT2D eigenvalue weighted by atomic mass is 16.3. The lowest BCUT2D eigenvalue weighted by Crippen LogP contribution is -2.27. The molecule has 0 aromatic carbocycles. The lowest BCUT2D eigenvalue weighted by molar-refractivity contribution is 0.263. The second kappa shape index (κ2) is 6.03. The molecule has 1 aliphatic rings. The van der Waals surface area contributed by atoms with Gasteiger partial charge >= 0.3 is 0 Å². The second-order valence-corrected chi connectivity index (χ2v) is 4.90. The summed E-state index contributed by atoms with van der Waals surface area (Å²) >= 11 is 0. The first-order chi connectivity index (χ1) is 8.25. The van der Waals surface area contributed by atoms with E-state index in [0.29, 0.717) is 6.04 Å². The van der Waals surface area contributed by atoms with Crippen LogP contribution in [0, 0.1) is 0 Å². The SMILES string of the molecule is CC(C)NCc1ccoc1CN1CC=CCC1. The minimum absolute atomic E-state index is 0.510. The van der Waals surface area contributed by atoms with Gasteiger partial charge in [-0.2, -0.15) is 0 Å². The zero-order chi connectivity index (χ0) is 12.1. The Hall–Kier alpha value is -1.06. The third-order valence-corrected chi connectivity index (χ3v) is 3.05. The lowest BCUT2D eigenvalue weighted by atomic mass is 10.2. The average Bonchev–Trinajstić information content (AvgIpc) is 2.75. The number of nitrogens with zero attached hydrogens (tertiary/aromatic N) is 1. The molecule has 0 bridgehead atoms. The average molecular weight is 234 g/mol. The summed E-state index contributed by atoms with van der Waals surface area (Å²) < 4.78 is 5.59. The molecule has 17 heavy (non-hydrogen) atoms. The van der Waals surface area contributed by atoms with E-state index in [1.54, 1.807) is 6.26 Å². The first-order valence-corrected chi connectivity index (χ1v) is 6.41. The Bertz CT molecular complexity index is 368. The van der Waals surface area contributed by atoms with E-state index in [-0.39, 0.29) is 0 Å². The molecule has 1 aromatic heterocycles. The van der Waals surface area contributed by atoms with Crippen molar-refractivity contribution in [2.75, 3.05) is 13.1 Å². The highest BCUT2D eigenvalue weighted by Gasteiger charge is 2.12. The Morgan fingerprint density at radius 1 is 1.41 bits per heavy atom. The molecule has 0 fully saturated rings. The Morgan fingerprint density at radius 2 is 2.29 bits per heavy atom. The van der Waals surface area contributed by atoms with Crippen LogP contribution in [0.5, 0.6) is 0 Å². The lowest BCUT2D eigenvalue weighted by Gasteiger charge is -2.22. The summed E-state index contributed by atoms with van der Waals surface area (Å²) in [6.07, 6.45) is 7.44. The molecule has 0 atom stereocenters. The van der Waals surface area contributed by atoms with E-state index in [0.717, 1.165) is 38.4 Å². The molecule has 0 unspecified atom stereocenters. The summed E-state index contributed by atoms with van der Waals surface area (Å²) in [6.45, 7) is 8.32. The van der Waals surface area contributed by atoms with Gasteiger partial charge in [0.25, 0.3) is 0 Å². The fourth-order valence-electron chi connectivity index (χ4n) is 2.01. The van der Waals surface area contributed by atoms with Crippen LogP contribution in [-0.4, -0.2) is 24.0 Å². The Kier molecular flexibility index (Phi) is 4.40. The minimum Gasteiger partial charge on any atom is -0.468 e. The topological polar surface area (TPSA) is 28.4 Å². The molecule has 94 valence electrons. The molecule has 3 heteroatoms. The molecular weight excluding hydrogens is 212 g/mol. The zero-order valence-corrected chi connectivity index (χ0v) is 10.8. The van der Waals surface area contributed by atoms with Gasteiger partial charge in [0.1, 0.15) is 5.76 Å². The molecule has 0 aliphatic carbocycles. The largest absolute Gasteiger partial charge is 0.468 e. The van der Waals surface area contributed by atoms with Gasteiger partial charge in [-0.15, -0.1) is 0 Å². The highest BCUT2D eigenvalue weighted by molar-refractivity contribution is 5.17. The van der Waals surface area contributed by atoms with Gasteiger partial charge in [0.2, 0.25) is 0 Å². The van der Waals surface area contributed by atoms with Crippen LogP contribution in [0.25, 0.3) is 0 Å². The molecule has 2 heterocycles. The number of nitrogens with one attached hydrogen (secondary N) is 1. The van der Waals surface area contributed by atoms with Crippen molar-refractivity contribution in [1.82, 2.24) is 10.2 Å². The first-order valence-electron chi connectivity index (χ1n) is 6.41. The minimum atomic E-state index is 0.510. The third kappa shape index (κ3) is 3.72. The van der Waals surface area contributed by atoms with Crippen molar-refractivity contribution >= 4 is 0 Å². The Morgan fingerprint density at radius 3 is 3.00 bits per heavy atom. The summed E-state index contributed by atoms with van der Waals surface area (Å²) in [5, 5.41) is 3.43. The fourth-order valence-corrected chi connectivity index (χ4v) is 2.01. The molecule has 0 amide bonds. The van der Waals surface area contributed by atoms with Crippen LogP contribution in [0.1, 0.15) is 31.6 Å². The van der Waals surface area contributed by atoms with E-state index in [2.05, 4.69) is 42.3 Å². The van der Waals surface area contributed by atoms with Crippen molar-refractivity contribution in [3.8, 4) is 0 Å². The summed E-state index contributed by atoms with van der Waals surface area (Å²) in [5.41, 5.74) is 1.29. The van der Waals surface area contributed by atoms with Gasteiger partial charge in [0.15, 0.2) is 0 Å². The number of hydrogen-bond donors (Lipinski definition) is 1. The number of rotatable bonds is 5.